The summed E-state index contributed by atoms with van der Waals surface area (Å²) in [6.45, 7) is 8.76. The van der Waals surface area contributed by atoms with E-state index in [1.807, 2.05) is 17.0 Å². The summed E-state index contributed by atoms with van der Waals surface area (Å²) in [4.78, 5) is 2.54. The topological polar surface area (TPSA) is 87.2 Å². The lowest BCUT2D eigenvalue weighted by molar-refractivity contribution is 0.281. The molecule has 1 unspecified atom stereocenters. The van der Waals surface area contributed by atoms with E-state index in [0.717, 1.165) is 18.4 Å². The van der Waals surface area contributed by atoms with Gasteiger partial charge < -0.3 is 9.64 Å². The molecule has 0 bridgehead atoms. The predicted molar refractivity (Wildman–Crippen MR) is 142 cm³/mol. The minimum Gasteiger partial charge on any atom is -0.495 e. The van der Waals surface area contributed by atoms with E-state index in [9.17, 15) is 16.8 Å². The SMILES string of the molecule is COc1ccc(S(=O)(=O)N2CCCC(C)C2)cc1N1CCN(S(=O)(=O)c2ccc(C(C)C)cc2)CC1. The second kappa shape index (κ2) is 10.7. The number of benzene rings is 2. The van der Waals surface area contributed by atoms with Gasteiger partial charge in [0.1, 0.15) is 5.75 Å². The third-order valence-corrected chi connectivity index (χ3v) is 10.9. The first-order valence-corrected chi connectivity index (χ1v) is 15.5. The van der Waals surface area contributed by atoms with Gasteiger partial charge in [0.2, 0.25) is 20.0 Å². The van der Waals surface area contributed by atoms with Gasteiger partial charge in [-0.3, -0.25) is 0 Å². The third kappa shape index (κ3) is 5.41. The maximum atomic E-state index is 13.4. The first kappa shape index (κ1) is 26.9. The van der Waals surface area contributed by atoms with Crippen LogP contribution in [0.1, 0.15) is 45.1 Å². The number of anilines is 1. The number of rotatable bonds is 7. The number of hydrogen-bond donors (Lipinski definition) is 0. The predicted octanol–water partition coefficient (Wildman–Crippen LogP) is 3.75. The fourth-order valence-corrected chi connectivity index (χ4v) is 7.98. The normalized spacial score (nSPS) is 20.6. The summed E-state index contributed by atoms with van der Waals surface area (Å²) in [7, 11) is -5.66. The standard InChI is InChI=1S/C26H37N3O5S2/c1-20(2)22-7-9-23(10-8-22)35(30,31)28-16-14-27(15-17-28)25-18-24(11-12-26(25)34-4)36(32,33)29-13-5-6-21(3)19-29/h7-12,18,20-21H,5-6,13-17,19H2,1-4H3. The number of piperidine rings is 1. The average Bonchev–Trinajstić information content (AvgIpc) is 2.88. The molecular weight excluding hydrogens is 498 g/mol. The molecule has 2 aliphatic rings. The molecule has 36 heavy (non-hydrogen) atoms. The van der Waals surface area contributed by atoms with Gasteiger partial charge in [-0.2, -0.15) is 8.61 Å². The number of sulfonamides is 2. The fourth-order valence-electron chi connectivity index (χ4n) is 4.93. The van der Waals surface area contributed by atoms with E-state index in [-0.39, 0.29) is 4.90 Å². The van der Waals surface area contributed by atoms with Crippen molar-refractivity contribution in [3.63, 3.8) is 0 Å². The minimum absolute atomic E-state index is 0.243. The van der Waals surface area contributed by atoms with Crippen LogP contribution in [0.5, 0.6) is 5.75 Å². The van der Waals surface area contributed by atoms with Crippen molar-refractivity contribution in [3.05, 3.63) is 48.0 Å². The van der Waals surface area contributed by atoms with E-state index < -0.39 is 20.0 Å². The van der Waals surface area contributed by atoms with Gasteiger partial charge in [-0.1, -0.05) is 32.9 Å². The Bertz CT molecular complexity index is 1270. The summed E-state index contributed by atoms with van der Waals surface area (Å²) in [5.74, 6) is 1.24. The zero-order chi connectivity index (χ0) is 26.1. The molecule has 0 saturated carbocycles. The lowest BCUT2D eigenvalue weighted by Gasteiger charge is -2.36. The molecule has 0 radical (unpaired) electrons. The van der Waals surface area contributed by atoms with Crippen molar-refractivity contribution in [1.82, 2.24) is 8.61 Å². The van der Waals surface area contributed by atoms with E-state index in [4.69, 9.17) is 4.74 Å². The van der Waals surface area contributed by atoms with Crippen molar-refractivity contribution in [2.24, 2.45) is 5.92 Å². The first-order valence-electron chi connectivity index (χ1n) is 12.6. The maximum absolute atomic E-state index is 13.4. The summed E-state index contributed by atoms with van der Waals surface area (Å²) in [6, 6.07) is 12.0. The number of hydrogen-bond acceptors (Lipinski definition) is 6. The van der Waals surface area contributed by atoms with Gasteiger partial charge in [0, 0.05) is 39.3 Å². The Labute approximate surface area is 216 Å². The average molecular weight is 536 g/mol. The monoisotopic (exact) mass is 535 g/mol. The summed E-state index contributed by atoms with van der Waals surface area (Å²) in [5, 5.41) is 0. The molecule has 10 heteroatoms. The van der Waals surface area contributed by atoms with Crippen molar-refractivity contribution in [1.29, 1.82) is 0 Å². The Balaban J connectivity index is 1.52. The van der Waals surface area contributed by atoms with Crippen LogP contribution in [0.25, 0.3) is 0 Å². The molecule has 4 rings (SSSR count). The summed E-state index contributed by atoms with van der Waals surface area (Å²) >= 11 is 0. The van der Waals surface area contributed by atoms with Crippen LogP contribution in [0.3, 0.4) is 0 Å². The lowest BCUT2D eigenvalue weighted by Crippen LogP contribution is -2.48. The van der Waals surface area contributed by atoms with Gasteiger partial charge in [-0.25, -0.2) is 16.8 Å². The van der Waals surface area contributed by atoms with Crippen LogP contribution in [0.2, 0.25) is 0 Å². The molecule has 2 aromatic rings. The third-order valence-electron chi connectivity index (χ3n) is 7.17. The molecule has 198 valence electrons. The largest absolute Gasteiger partial charge is 0.495 e. The van der Waals surface area contributed by atoms with Crippen molar-refractivity contribution < 1.29 is 21.6 Å². The van der Waals surface area contributed by atoms with E-state index >= 15 is 0 Å². The van der Waals surface area contributed by atoms with Crippen molar-refractivity contribution >= 4 is 25.7 Å². The highest BCUT2D eigenvalue weighted by molar-refractivity contribution is 7.89. The van der Waals surface area contributed by atoms with Gasteiger partial charge >= 0.3 is 0 Å². The van der Waals surface area contributed by atoms with Crippen LogP contribution in [0.4, 0.5) is 5.69 Å². The Kier molecular flexibility index (Phi) is 7.99. The van der Waals surface area contributed by atoms with Crippen LogP contribution in [0.15, 0.2) is 52.3 Å². The Morgan fingerprint density at radius 2 is 1.44 bits per heavy atom. The van der Waals surface area contributed by atoms with Gasteiger partial charge in [0.25, 0.3) is 0 Å². The van der Waals surface area contributed by atoms with Crippen molar-refractivity contribution in [2.45, 2.75) is 49.3 Å². The molecule has 2 aromatic carbocycles. The summed E-state index contributed by atoms with van der Waals surface area (Å²) < 4.78 is 61.8. The highest BCUT2D eigenvalue weighted by Crippen LogP contribution is 2.34. The molecule has 2 heterocycles. The molecule has 0 amide bonds. The van der Waals surface area contributed by atoms with Gasteiger partial charge in [-0.15, -0.1) is 0 Å². The van der Waals surface area contributed by atoms with Gasteiger partial charge in [-0.05, 0) is 60.6 Å². The molecule has 2 fully saturated rings. The van der Waals surface area contributed by atoms with Crippen LogP contribution >= 0.6 is 0 Å². The number of methoxy groups -OCH3 is 1. The van der Waals surface area contributed by atoms with E-state index in [1.165, 1.54) is 4.31 Å². The van der Waals surface area contributed by atoms with Crippen molar-refractivity contribution in [3.8, 4) is 5.75 Å². The van der Waals surface area contributed by atoms with Crippen molar-refractivity contribution in [2.75, 3.05) is 51.3 Å². The molecule has 8 nitrogen and oxygen atoms in total. The molecule has 0 aromatic heterocycles. The smallest absolute Gasteiger partial charge is 0.243 e. The van der Waals surface area contributed by atoms with Crippen LogP contribution in [0, 0.1) is 5.92 Å². The molecule has 2 saturated heterocycles. The summed E-state index contributed by atoms with van der Waals surface area (Å²) in [6.07, 6.45) is 1.90. The van der Waals surface area contributed by atoms with E-state index in [2.05, 4.69) is 20.8 Å². The van der Waals surface area contributed by atoms with Crippen LogP contribution in [-0.2, 0) is 20.0 Å². The second-order valence-electron chi connectivity index (χ2n) is 10.1. The quantitative estimate of drug-likeness (QED) is 0.537. The molecule has 0 spiro atoms. The molecule has 1 atom stereocenters. The lowest BCUT2D eigenvalue weighted by atomic mass is 10.0. The fraction of sp³-hybridized carbons (Fsp3) is 0.538. The number of ether oxygens (including phenoxy) is 1. The van der Waals surface area contributed by atoms with Gasteiger partial charge in [0.15, 0.2) is 0 Å². The molecule has 0 aliphatic carbocycles. The minimum atomic E-state index is -3.62. The Morgan fingerprint density at radius 1 is 0.833 bits per heavy atom. The highest BCUT2D eigenvalue weighted by Gasteiger charge is 2.32. The second-order valence-corrected chi connectivity index (χ2v) is 13.9. The van der Waals surface area contributed by atoms with E-state index in [0.29, 0.717) is 67.4 Å². The Hall–Kier alpha value is -2.14. The zero-order valence-electron chi connectivity index (χ0n) is 21.6. The van der Waals surface area contributed by atoms with E-state index in [1.54, 1.807) is 41.7 Å². The number of nitrogens with zero attached hydrogens (tertiary/aromatic N) is 3. The Morgan fingerprint density at radius 3 is 2.03 bits per heavy atom. The summed E-state index contributed by atoms with van der Waals surface area (Å²) in [5.41, 5.74) is 1.77. The molecule has 2 aliphatic heterocycles. The zero-order valence-corrected chi connectivity index (χ0v) is 23.2. The number of piperazine rings is 1. The highest BCUT2D eigenvalue weighted by atomic mass is 32.2. The van der Waals surface area contributed by atoms with Gasteiger partial charge in [0.05, 0.1) is 22.6 Å². The molecular formula is C26H37N3O5S2. The maximum Gasteiger partial charge on any atom is 0.243 e. The first-order chi connectivity index (χ1) is 17.0. The van der Waals surface area contributed by atoms with Crippen LogP contribution in [-0.4, -0.2) is 71.8 Å². The van der Waals surface area contributed by atoms with Crippen LogP contribution < -0.4 is 9.64 Å². The molecule has 0 N–H and O–H groups in total.